The van der Waals surface area contributed by atoms with E-state index in [0.717, 1.165) is 18.4 Å². The van der Waals surface area contributed by atoms with Crippen LogP contribution in [0, 0.1) is 6.92 Å². The van der Waals surface area contributed by atoms with Crippen LogP contribution in [0.25, 0.3) is 0 Å². The summed E-state index contributed by atoms with van der Waals surface area (Å²) in [6, 6.07) is 1.37. The Morgan fingerprint density at radius 3 is 2.88 bits per heavy atom. The van der Waals surface area contributed by atoms with E-state index in [2.05, 4.69) is 34.3 Å². The van der Waals surface area contributed by atoms with Gasteiger partial charge in [-0.1, -0.05) is 5.16 Å². The second-order valence-corrected chi connectivity index (χ2v) is 4.61. The van der Waals surface area contributed by atoms with Crippen molar-refractivity contribution in [2.24, 2.45) is 0 Å². The first-order chi connectivity index (χ1) is 7.66. The molecular weight excluding hydrogens is 204 g/mol. The lowest BCUT2D eigenvalue weighted by atomic mass is 10.3. The van der Waals surface area contributed by atoms with Crippen LogP contribution in [0.15, 0.2) is 4.52 Å². The molecule has 1 atom stereocenters. The molecule has 1 unspecified atom stereocenters. The van der Waals surface area contributed by atoms with Crippen LogP contribution in [0.1, 0.15) is 31.5 Å². The zero-order valence-corrected chi connectivity index (χ0v) is 10.2. The number of hydrogen-bond acceptors (Lipinski definition) is 5. The van der Waals surface area contributed by atoms with E-state index in [-0.39, 0.29) is 0 Å². The van der Waals surface area contributed by atoms with Gasteiger partial charge in [-0.2, -0.15) is 4.98 Å². The summed E-state index contributed by atoms with van der Waals surface area (Å²) >= 11 is 0. The van der Waals surface area contributed by atoms with Gasteiger partial charge in [-0.3, -0.25) is 4.90 Å². The third-order valence-electron chi connectivity index (χ3n) is 3.11. The summed E-state index contributed by atoms with van der Waals surface area (Å²) in [5.41, 5.74) is 0. The first-order valence-electron chi connectivity index (χ1n) is 5.88. The van der Waals surface area contributed by atoms with Gasteiger partial charge in [0.15, 0.2) is 5.82 Å². The van der Waals surface area contributed by atoms with E-state index < -0.39 is 0 Å². The highest BCUT2D eigenvalue weighted by molar-refractivity contribution is 4.87. The number of likely N-dealkylation sites (N-methyl/N-ethyl adjacent to an activating group) is 1. The number of aryl methyl sites for hydroxylation is 1. The molecule has 0 bridgehead atoms. The van der Waals surface area contributed by atoms with Crippen LogP contribution in [-0.4, -0.2) is 40.7 Å². The number of nitrogens with zero attached hydrogens (tertiary/aromatic N) is 3. The van der Waals surface area contributed by atoms with Crippen molar-refractivity contribution in [2.75, 3.05) is 13.6 Å². The molecule has 1 fully saturated rings. The lowest BCUT2D eigenvalue weighted by Crippen LogP contribution is -2.39. The monoisotopic (exact) mass is 224 g/mol. The molecule has 0 spiro atoms. The van der Waals surface area contributed by atoms with Crippen LogP contribution in [0.4, 0.5) is 0 Å². The van der Waals surface area contributed by atoms with Gasteiger partial charge in [-0.15, -0.1) is 0 Å². The summed E-state index contributed by atoms with van der Waals surface area (Å²) in [4.78, 5) is 6.58. The van der Waals surface area contributed by atoms with Crippen LogP contribution >= 0.6 is 0 Å². The minimum Gasteiger partial charge on any atom is -0.340 e. The van der Waals surface area contributed by atoms with Crippen molar-refractivity contribution in [1.82, 2.24) is 20.4 Å². The van der Waals surface area contributed by atoms with Gasteiger partial charge in [-0.25, -0.2) is 0 Å². The molecule has 1 N–H and O–H groups in total. The molecule has 0 saturated heterocycles. The van der Waals surface area contributed by atoms with Gasteiger partial charge in [0.1, 0.15) is 0 Å². The second kappa shape index (κ2) is 4.93. The van der Waals surface area contributed by atoms with Gasteiger partial charge in [0, 0.05) is 25.6 Å². The number of hydrogen-bond donors (Lipinski definition) is 1. The lowest BCUT2D eigenvalue weighted by Gasteiger charge is -2.24. The van der Waals surface area contributed by atoms with Gasteiger partial charge in [-0.05, 0) is 26.8 Å². The molecule has 1 aliphatic rings. The molecule has 1 saturated carbocycles. The molecule has 0 aliphatic heterocycles. The predicted octanol–water partition coefficient (Wildman–Crippen LogP) is 0.950. The first kappa shape index (κ1) is 11.5. The largest absolute Gasteiger partial charge is 0.340 e. The molecule has 5 heteroatoms. The van der Waals surface area contributed by atoms with Gasteiger partial charge in [0.25, 0.3) is 0 Å². The van der Waals surface area contributed by atoms with E-state index in [1.165, 1.54) is 12.8 Å². The van der Waals surface area contributed by atoms with Crippen molar-refractivity contribution < 1.29 is 4.52 Å². The highest BCUT2D eigenvalue weighted by atomic mass is 16.5. The third kappa shape index (κ3) is 3.02. The van der Waals surface area contributed by atoms with Crippen LogP contribution in [0.5, 0.6) is 0 Å². The van der Waals surface area contributed by atoms with Crippen LogP contribution < -0.4 is 5.32 Å². The van der Waals surface area contributed by atoms with Crippen molar-refractivity contribution in [3.8, 4) is 0 Å². The highest BCUT2D eigenvalue weighted by Crippen LogP contribution is 2.26. The first-order valence-corrected chi connectivity index (χ1v) is 5.88. The van der Waals surface area contributed by atoms with Crippen LogP contribution in [0.2, 0.25) is 0 Å². The fourth-order valence-electron chi connectivity index (χ4n) is 1.79. The van der Waals surface area contributed by atoms with Gasteiger partial charge in [0.05, 0.1) is 6.54 Å². The zero-order chi connectivity index (χ0) is 11.5. The van der Waals surface area contributed by atoms with E-state index in [1.807, 2.05) is 0 Å². The Hall–Kier alpha value is -0.940. The number of rotatable bonds is 6. The average molecular weight is 224 g/mol. The van der Waals surface area contributed by atoms with Crippen molar-refractivity contribution in [3.63, 3.8) is 0 Å². The van der Waals surface area contributed by atoms with Gasteiger partial charge >= 0.3 is 0 Å². The number of aromatic nitrogens is 2. The normalized spacial score (nSPS) is 18.0. The summed E-state index contributed by atoms with van der Waals surface area (Å²) in [7, 11) is 2.20. The Bertz CT molecular complexity index is 334. The zero-order valence-electron chi connectivity index (χ0n) is 10.2. The van der Waals surface area contributed by atoms with Crippen molar-refractivity contribution in [1.29, 1.82) is 0 Å². The molecule has 0 radical (unpaired) electrons. The van der Waals surface area contributed by atoms with Crippen LogP contribution in [-0.2, 0) is 6.54 Å². The Balaban J connectivity index is 1.67. The molecule has 1 aromatic rings. The van der Waals surface area contributed by atoms with Crippen LogP contribution in [0.3, 0.4) is 0 Å². The predicted molar refractivity (Wildman–Crippen MR) is 61.0 cm³/mol. The maximum atomic E-state index is 4.91. The summed E-state index contributed by atoms with van der Waals surface area (Å²) in [6.45, 7) is 5.69. The Morgan fingerprint density at radius 1 is 1.56 bits per heavy atom. The molecule has 0 aromatic carbocycles. The summed E-state index contributed by atoms with van der Waals surface area (Å²) in [5.74, 6) is 1.36. The molecule has 0 amide bonds. The molecule has 1 aromatic heterocycles. The second-order valence-electron chi connectivity index (χ2n) is 4.61. The van der Waals surface area contributed by atoms with E-state index in [1.54, 1.807) is 6.92 Å². The summed E-state index contributed by atoms with van der Waals surface area (Å²) < 4.78 is 4.91. The fraction of sp³-hybridized carbons (Fsp3) is 0.818. The minimum absolute atomic E-state index is 0.556. The summed E-state index contributed by atoms with van der Waals surface area (Å²) in [6.07, 6.45) is 2.70. The van der Waals surface area contributed by atoms with Crippen molar-refractivity contribution in [2.45, 2.75) is 45.3 Å². The quantitative estimate of drug-likeness (QED) is 0.779. The Morgan fingerprint density at radius 2 is 2.31 bits per heavy atom. The molecular formula is C11H20N4O. The van der Waals surface area contributed by atoms with Gasteiger partial charge in [0.2, 0.25) is 5.89 Å². The standard InChI is InChI=1S/C11H20N4O/c1-8(15(3)10-4-5-10)6-12-7-11-13-9(2)16-14-11/h8,10,12H,4-7H2,1-3H3. The smallest absolute Gasteiger partial charge is 0.223 e. The molecule has 1 aliphatic carbocycles. The Labute approximate surface area is 96.2 Å². The van der Waals surface area contributed by atoms with Gasteiger partial charge < -0.3 is 9.84 Å². The molecule has 16 heavy (non-hydrogen) atoms. The number of nitrogens with one attached hydrogen (secondary N) is 1. The summed E-state index contributed by atoms with van der Waals surface area (Å²) in [5, 5.41) is 7.19. The third-order valence-corrected chi connectivity index (χ3v) is 3.11. The van der Waals surface area contributed by atoms with E-state index in [0.29, 0.717) is 18.5 Å². The molecule has 90 valence electrons. The van der Waals surface area contributed by atoms with E-state index >= 15 is 0 Å². The van der Waals surface area contributed by atoms with Crippen molar-refractivity contribution in [3.05, 3.63) is 11.7 Å². The van der Waals surface area contributed by atoms with E-state index in [4.69, 9.17) is 4.52 Å². The molecule has 2 rings (SSSR count). The maximum absolute atomic E-state index is 4.91. The highest BCUT2D eigenvalue weighted by Gasteiger charge is 2.28. The van der Waals surface area contributed by atoms with E-state index in [9.17, 15) is 0 Å². The lowest BCUT2D eigenvalue weighted by molar-refractivity contribution is 0.240. The topological polar surface area (TPSA) is 54.2 Å². The Kier molecular flexibility index (Phi) is 3.56. The maximum Gasteiger partial charge on any atom is 0.223 e. The average Bonchev–Trinajstić information content (AvgIpc) is 3.02. The minimum atomic E-state index is 0.556. The van der Waals surface area contributed by atoms with Crippen molar-refractivity contribution >= 4 is 0 Å². The fourth-order valence-corrected chi connectivity index (χ4v) is 1.79. The molecule has 1 heterocycles. The molecule has 5 nitrogen and oxygen atoms in total. The SMILES string of the molecule is Cc1nc(CNCC(C)N(C)C2CC2)no1.